The zero-order chi connectivity index (χ0) is 23.4. The smallest absolute Gasteiger partial charge is 0.138 e. The number of fused-ring (bicyclic) bond motifs is 15. The van der Waals surface area contributed by atoms with Crippen LogP contribution in [0.1, 0.15) is 0 Å². The SMILES string of the molecule is c1ccc2c(c1)ccc1c2nc2ccc3ccc4ccc5nc6c7ccccc7ccc6n5c4c3n21. The Morgan fingerprint density at radius 3 is 1.31 bits per heavy atom. The molecule has 0 aliphatic heterocycles. The average Bonchev–Trinajstić information content (AvgIpc) is 3.51. The molecule has 0 radical (unpaired) electrons. The van der Waals surface area contributed by atoms with E-state index in [1.54, 1.807) is 0 Å². The van der Waals surface area contributed by atoms with E-state index in [1.165, 1.54) is 32.3 Å². The topological polar surface area (TPSA) is 34.6 Å². The summed E-state index contributed by atoms with van der Waals surface area (Å²) in [5.41, 5.74) is 8.52. The minimum absolute atomic E-state index is 0.952. The van der Waals surface area contributed by atoms with Crippen LogP contribution >= 0.6 is 0 Å². The van der Waals surface area contributed by atoms with E-state index in [1.807, 2.05) is 0 Å². The fourth-order valence-corrected chi connectivity index (χ4v) is 6.03. The molecule has 0 amide bonds. The molecule has 0 saturated carbocycles. The average molecular weight is 459 g/mol. The van der Waals surface area contributed by atoms with Crippen molar-refractivity contribution in [1.29, 1.82) is 0 Å². The fourth-order valence-electron chi connectivity index (χ4n) is 6.03. The first kappa shape index (κ1) is 18.4. The van der Waals surface area contributed by atoms with Gasteiger partial charge in [0, 0.05) is 21.5 Å². The minimum atomic E-state index is 0.952. The van der Waals surface area contributed by atoms with Gasteiger partial charge in [0.05, 0.1) is 33.1 Å². The number of rotatable bonds is 0. The fraction of sp³-hybridized carbons (Fsp3) is 0. The molecular weight excluding hydrogens is 440 g/mol. The van der Waals surface area contributed by atoms with Gasteiger partial charge < -0.3 is 0 Å². The lowest BCUT2D eigenvalue weighted by Crippen LogP contribution is -1.95. The summed E-state index contributed by atoms with van der Waals surface area (Å²) in [5.74, 6) is 0. The molecule has 4 heteroatoms. The summed E-state index contributed by atoms with van der Waals surface area (Å²) in [5, 5.41) is 7.12. The lowest BCUT2D eigenvalue weighted by atomic mass is 10.1. The highest BCUT2D eigenvalue weighted by Crippen LogP contribution is 2.35. The number of aromatic nitrogens is 4. The second kappa shape index (κ2) is 6.37. The van der Waals surface area contributed by atoms with Crippen molar-refractivity contribution in [1.82, 2.24) is 18.8 Å². The van der Waals surface area contributed by atoms with Crippen LogP contribution in [0.15, 0.2) is 109 Å². The van der Waals surface area contributed by atoms with Gasteiger partial charge in [-0.2, -0.15) is 0 Å². The maximum Gasteiger partial charge on any atom is 0.138 e. The molecule has 0 spiro atoms. The number of nitrogens with zero attached hydrogens (tertiary/aromatic N) is 4. The molecule has 9 aromatic rings. The van der Waals surface area contributed by atoms with E-state index in [0.29, 0.717) is 0 Å². The van der Waals surface area contributed by atoms with Crippen molar-refractivity contribution in [3.05, 3.63) is 109 Å². The molecule has 4 nitrogen and oxygen atoms in total. The summed E-state index contributed by atoms with van der Waals surface area (Å²) in [6.45, 7) is 0. The Hall–Kier alpha value is -4.96. The number of pyridine rings is 2. The summed E-state index contributed by atoms with van der Waals surface area (Å²) in [6.07, 6.45) is 0. The zero-order valence-electron chi connectivity index (χ0n) is 19.2. The molecular formula is C32H18N4. The van der Waals surface area contributed by atoms with Crippen molar-refractivity contribution in [3.63, 3.8) is 0 Å². The molecule has 0 fully saturated rings. The van der Waals surface area contributed by atoms with Gasteiger partial charge in [-0.1, -0.05) is 72.8 Å². The van der Waals surface area contributed by atoms with Crippen LogP contribution < -0.4 is 0 Å². The predicted molar refractivity (Wildman–Crippen MR) is 149 cm³/mol. The van der Waals surface area contributed by atoms with Gasteiger partial charge in [0.2, 0.25) is 0 Å². The van der Waals surface area contributed by atoms with Crippen molar-refractivity contribution in [3.8, 4) is 0 Å². The van der Waals surface area contributed by atoms with Gasteiger partial charge in [-0.15, -0.1) is 0 Å². The molecule has 0 atom stereocenters. The van der Waals surface area contributed by atoms with Gasteiger partial charge in [-0.05, 0) is 47.2 Å². The number of hydrogen-bond acceptors (Lipinski definition) is 2. The number of imidazole rings is 2. The monoisotopic (exact) mass is 458 g/mol. The van der Waals surface area contributed by atoms with Gasteiger partial charge in [0.15, 0.2) is 0 Å². The maximum atomic E-state index is 5.11. The largest absolute Gasteiger partial charge is 0.290 e. The molecule has 0 unspecified atom stereocenters. The lowest BCUT2D eigenvalue weighted by molar-refractivity contribution is 1.26. The van der Waals surface area contributed by atoms with Gasteiger partial charge in [-0.3, -0.25) is 8.80 Å². The predicted octanol–water partition coefficient (Wildman–Crippen LogP) is 7.90. The zero-order valence-corrected chi connectivity index (χ0v) is 19.2. The quantitative estimate of drug-likeness (QED) is 0.216. The van der Waals surface area contributed by atoms with Crippen LogP contribution in [-0.2, 0) is 0 Å². The van der Waals surface area contributed by atoms with Crippen molar-refractivity contribution in [2.75, 3.05) is 0 Å². The van der Waals surface area contributed by atoms with E-state index in [4.69, 9.17) is 9.97 Å². The molecule has 4 aromatic heterocycles. The maximum absolute atomic E-state index is 5.11. The van der Waals surface area contributed by atoms with E-state index in [-0.39, 0.29) is 0 Å². The van der Waals surface area contributed by atoms with Gasteiger partial charge in [0.1, 0.15) is 11.3 Å². The summed E-state index contributed by atoms with van der Waals surface area (Å²) >= 11 is 0. The van der Waals surface area contributed by atoms with Gasteiger partial charge >= 0.3 is 0 Å². The molecule has 5 aromatic carbocycles. The van der Waals surface area contributed by atoms with Crippen LogP contribution in [0.3, 0.4) is 0 Å². The van der Waals surface area contributed by atoms with Gasteiger partial charge in [0.25, 0.3) is 0 Å². The highest BCUT2D eigenvalue weighted by atomic mass is 15.1. The van der Waals surface area contributed by atoms with Crippen LogP contribution in [0.5, 0.6) is 0 Å². The lowest BCUT2D eigenvalue weighted by Gasteiger charge is -2.11. The van der Waals surface area contributed by atoms with Crippen LogP contribution in [-0.4, -0.2) is 18.8 Å². The molecule has 36 heavy (non-hydrogen) atoms. The first-order valence-corrected chi connectivity index (χ1v) is 12.2. The first-order chi connectivity index (χ1) is 17.8. The second-order valence-corrected chi connectivity index (χ2v) is 9.53. The molecule has 0 aliphatic carbocycles. The van der Waals surface area contributed by atoms with E-state index in [9.17, 15) is 0 Å². The van der Waals surface area contributed by atoms with Gasteiger partial charge in [-0.25, -0.2) is 9.97 Å². The van der Waals surface area contributed by atoms with E-state index >= 15 is 0 Å². The molecule has 4 heterocycles. The summed E-state index contributed by atoms with van der Waals surface area (Å²) in [4.78, 5) is 10.2. The first-order valence-electron chi connectivity index (χ1n) is 12.2. The normalized spacial score (nSPS) is 12.4. The molecule has 0 bridgehead atoms. The van der Waals surface area contributed by atoms with Crippen molar-refractivity contribution < 1.29 is 0 Å². The van der Waals surface area contributed by atoms with Crippen molar-refractivity contribution in [2.45, 2.75) is 0 Å². The Morgan fingerprint density at radius 2 is 0.806 bits per heavy atom. The minimum Gasteiger partial charge on any atom is -0.290 e. The van der Waals surface area contributed by atoms with Crippen molar-refractivity contribution in [2.24, 2.45) is 0 Å². The standard InChI is InChI=1S/C32H18N4/c1-3-7-23-19(5-1)11-15-25-29(23)33-27-17-13-21-9-10-22-14-18-28-34-30-24-8-4-2-6-20(24)12-16-26(30)36(28)32(22)31(21)35(25)27/h1-18H. The van der Waals surface area contributed by atoms with Crippen LogP contribution in [0.2, 0.25) is 0 Å². The van der Waals surface area contributed by atoms with E-state index in [2.05, 4.69) is 118 Å². The molecule has 166 valence electrons. The number of benzene rings is 5. The highest BCUT2D eigenvalue weighted by molar-refractivity contribution is 6.13. The van der Waals surface area contributed by atoms with E-state index < -0.39 is 0 Å². The summed E-state index contributed by atoms with van der Waals surface area (Å²) in [6, 6.07) is 38.8. The third kappa shape index (κ3) is 2.19. The van der Waals surface area contributed by atoms with Crippen molar-refractivity contribution >= 4 is 76.7 Å². The Kier molecular flexibility index (Phi) is 3.25. The molecule has 9 rings (SSSR count). The Bertz CT molecular complexity index is 2200. The molecule has 0 saturated heterocycles. The third-order valence-electron chi connectivity index (χ3n) is 7.64. The number of hydrogen-bond donors (Lipinski definition) is 0. The van der Waals surface area contributed by atoms with Crippen LogP contribution in [0, 0.1) is 0 Å². The second-order valence-electron chi connectivity index (χ2n) is 9.53. The van der Waals surface area contributed by atoms with Crippen LogP contribution in [0.25, 0.3) is 76.7 Å². The van der Waals surface area contributed by atoms with E-state index in [0.717, 1.165) is 44.4 Å². The summed E-state index contributed by atoms with van der Waals surface area (Å²) in [7, 11) is 0. The highest BCUT2D eigenvalue weighted by Gasteiger charge is 2.17. The molecule has 0 aliphatic rings. The Labute approximate surface area is 204 Å². The molecule has 0 N–H and O–H groups in total. The summed E-state index contributed by atoms with van der Waals surface area (Å²) < 4.78 is 4.65. The Morgan fingerprint density at radius 1 is 0.389 bits per heavy atom. The third-order valence-corrected chi connectivity index (χ3v) is 7.64. The Balaban J connectivity index is 1.57. The van der Waals surface area contributed by atoms with Crippen LogP contribution in [0.4, 0.5) is 0 Å².